The number of rotatable bonds is 2. The molecule has 1 aromatic heterocycles. The molecule has 0 spiro atoms. The van der Waals surface area contributed by atoms with Crippen LogP contribution in [0.4, 0.5) is 17.2 Å². The molecular formula is C13H12N4. The molecule has 3 N–H and O–H groups in total. The second-order valence-electron chi connectivity index (χ2n) is 3.71. The van der Waals surface area contributed by atoms with Gasteiger partial charge in [-0.3, -0.25) is 0 Å². The third-order valence-electron chi connectivity index (χ3n) is 2.46. The maximum absolute atomic E-state index is 8.96. The lowest BCUT2D eigenvalue weighted by molar-refractivity contribution is 1.26. The highest BCUT2D eigenvalue weighted by Gasteiger charge is 2.03. The smallest absolute Gasteiger partial charge is 0.132 e. The molecule has 0 saturated carbocycles. The number of nitrogen functional groups attached to an aromatic ring is 1. The SMILES string of the molecule is Cc1cnc(Nc2ccccc2C#N)cc1N. The zero-order chi connectivity index (χ0) is 12.3. The summed E-state index contributed by atoms with van der Waals surface area (Å²) >= 11 is 0. The molecule has 2 aromatic rings. The van der Waals surface area contributed by atoms with Gasteiger partial charge in [0.2, 0.25) is 0 Å². The number of nitriles is 1. The summed E-state index contributed by atoms with van der Waals surface area (Å²) in [6, 6.07) is 11.1. The van der Waals surface area contributed by atoms with Gasteiger partial charge in [-0.2, -0.15) is 5.26 Å². The van der Waals surface area contributed by atoms with E-state index in [-0.39, 0.29) is 0 Å². The van der Waals surface area contributed by atoms with Crippen molar-refractivity contribution < 1.29 is 0 Å². The van der Waals surface area contributed by atoms with Crippen molar-refractivity contribution in [3.05, 3.63) is 47.7 Å². The molecule has 17 heavy (non-hydrogen) atoms. The van der Waals surface area contributed by atoms with Crippen molar-refractivity contribution in [2.45, 2.75) is 6.92 Å². The largest absolute Gasteiger partial charge is 0.398 e. The van der Waals surface area contributed by atoms with Crippen LogP contribution in [0.3, 0.4) is 0 Å². The van der Waals surface area contributed by atoms with Crippen molar-refractivity contribution in [1.29, 1.82) is 5.26 Å². The zero-order valence-electron chi connectivity index (χ0n) is 9.44. The Labute approximate surface area is 99.7 Å². The Morgan fingerprint density at radius 2 is 2.12 bits per heavy atom. The first-order valence-electron chi connectivity index (χ1n) is 5.19. The molecule has 0 unspecified atom stereocenters. The Kier molecular flexibility index (Phi) is 2.93. The first-order chi connectivity index (χ1) is 8.20. The van der Waals surface area contributed by atoms with Crippen molar-refractivity contribution in [2.75, 3.05) is 11.1 Å². The normalized spacial score (nSPS) is 9.65. The van der Waals surface area contributed by atoms with Crippen molar-refractivity contribution >= 4 is 17.2 Å². The van der Waals surface area contributed by atoms with Crippen molar-refractivity contribution in [3.63, 3.8) is 0 Å². The monoisotopic (exact) mass is 224 g/mol. The summed E-state index contributed by atoms with van der Waals surface area (Å²) in [6.45, 7) is 1.90. The lowest BCUT2D eigenvalue weighted by Crippen LogP contribution is -1.98. The van der Waals surface area contributed by atoms with Gasteiger partial charge in [0.15, 0.2) is 0 Å². The van der Waals surface area contributed by atoms with Crippen molar-refractivity contribution in [3.8, 4) is 6.07 Å². The van der Waals surface area contributed by atoms with E-state index in [1.165, 1.54) is 0 Å². The van der Waals surface area contributed by atoms with Crippen LogP contribution in [0.5, 0.6) is 0 Å². The van der Waals surface area contributed by atoms with E-state index in [0.29, 0.717) is 17.1 Å². The summed E-state index contributed by atoms with van der Waals surface area (Å²) in [5, 5.41) is 12.0. The van der Waals surface area contributed by atoms with Gasteiger partial charge in [0.05, 0.1) is 11.3 Å². The zero-order valence-corrected chi connectivity index (χ0v) is 9.44. The molecule has 0 amide bonds. The summed E-state index contributed by atoms with van der Waals surface area (Å²) in [4.78, 5) is 4.21. The molecule has 4 nitrogen and oxygen atoms in total. The Morgan fingerprint density at radius 3 is 2.82 bits per heavy atom. The Morgan fingerprint density at radius 1 is 1.35 bits per heavy atom. The lowest BCUT2D eigenvalue weighted by Gasteiger charge is -2.08. The highest BCUT2D eigenvalue weighted by atomic mass is 15.0. The fourth-order valence-corrected chi connectivity index (χ4v) is 1.44. The number of anilines is 3. The molecule has 1 aromatic carbocycles. The summed E-state index contributed by atoms with van der Waals surface area (Å²) in [5.74, 6) is 0.635. The quantitative estimate of drug-likeness (QED) is 0.822. The minimum atomic E-state index is 0.577. The number of pyridine rings is 1. The first-order valence-corrected chi connectivity index (χ1v) is 5.19. The number of aromatic nitrogens is 1. The molecule has 0 aliphatic carbocycles. The predicted molar refractivity (Wildman–Crippen MR) is 67.8 cm³/mol. The van der Waals surface area contributed by atoms with Gasteiger partial charge >= 0.3 is 0 Å². The molecule has 0 aliphatic rings. The summed E-state index contributed by atoms with van der Waals surface area (Å²) in [7, 11) is 0. The van der Waals surface area contributed by atoms with Crippen LogP contribution in [0, 0.1) is 18.3 Å². The summed E-state index contributed by atoms with van der Waals surface area (Å²) < 4.78 is 0. The van der Waals surface area contributed by atoms with Gasteiger partial charge in [0.25, 0.3) is 0 Å². The fraction of sp³-hybridized carbons (Fsp3) is 0.0769. The van der Waals surface area contributed by atoms with Gasteiger partial charge in [0, 0.05) is 18.0 Å². The van der Waals surface area contributed by atoms with E-state index in [0.717, 1.165) is 11.3 Å². The van der Waals surface area contributed by atoms with Crippen LogP contribution in [0.1, 0.15) is 11.1 Å². The van der Waals surface area contributed by atoms with Gasteiger partial charge in [-0.25, -0.2) is 4.98 Å². The Balaban J connectivity index is 2.32. The number of nitrogens with two attached hydrogens (primary N) is 1. The molecule has 0 atom stereocenters. The van der Waals surface area contributed by atoms with E-state index in [2.05, 4.69) is 16.4 Å². The first kappa shape index (κ1) is 11.0. The van der Waals surface area contributed by atoms with Gasteiger partial charge in [0.1, 0.15) is 11.9 Å². The van der Waals surface area contributed by atoms with E-state index >= 15 is 0 Å². The van der Waals surface area contributed by atoms with Crippen LogP contribution in [-0.2, 0) is 0 Å². The predicted octanol–water partition coefficient (Wildman–Crippen LogP) is 2.59. The average molecular weight is 224 g/mol. The second-order valence-corrected chi connectivity index (χ2v) is 3.71. The van der Waals surface area contributed by atoms with Gasteiger partial charge < -0.3 is 11.1 Å². The Hall–Kier alpha value is -2.54. The number of benzene rings is 1. The molecule has 0 aliphatic heterocycles. The number of hydrogen-bond acceptors (Lipinski definition) is 4. The summed E-state index contributed by atoms with van der Waals surface area (Å²) in [5.41, 5.74) is 8.72. The lowest BCUT2D eigenvalue weighted by atomic mass is 10.2. The van der Waals surface area contributed by atoms with Gasteiger partial charge in [-0.05, 0) is 24.6 Å². The highest BCUT2D eigenvalue weighted by Crippen LogP contribution is 2.21. The van der Waals surface area contributed by atoms with Crippen LogP contribution in [0.2, 0.25) is 0 Å². The number of para-hydroxylation sites is 1. The molecule has 0 radical (unpaired) electrons. The van der Waals surface area contributed by atoms with E-state index in [4.69, 9.17) is 11.0 Å². The van der Waals surface area contributed by atoms with Crippen LogP contribution in [0.25, 0.3) is 0 Å². The molecule has 2 rings (SSSR count). The standard InChI is InChI=1S/C13H12N4/c1-9-8-16-13(6-11(9)15)17-12-5-3-2-4-10(12)7-14/h2-6,8H,1H3,(H3,15,16,17). The molecule has 84 valence electrons. The van der Waals surface area contributed by atoms with Crippen LogP contribution in [0.15, 0.2) is 36.5 Å². The average Bonchev–Trinajstić information content (AvgIpc) is 2.34. The minimum Gasteiger partial charge on any atom is -0.398 e. The third-order valence-corrected chi connectivity index (χ3v) is 2.46. The van der Waals surface area contributed by atoms with E-state index in [1.807, 2.05) is 25.1 Å². The highest BCUT2D eigenvalue weighted by molar-refractivity contribution is 5.66. The number of nitrogens with zero attached hydrogens (tertiary/aromatic N) is 2. The van der Waals surface area contributed by atoms with E-state index < -0.39 is 0 Å². The summed E-state index contributed by atoms with van der Waals surface area (Å²) in [6.07, 6.45) is 1.70. The molecule has 4 heteroatoms. The number of hydrogen-bond donors (Lipinski definition) is 2. The fourth-order valence-electron chi connectivity index (χ4n) is 1.44. The van der Waals surface area contributed by atoms with Crippen molar-refractivity contribution in [1.82, 2.24) is 4.98 Å². The minimum absolute atomic E-state index is 0.577. The van der Waals surface area contributed by atoms with Crippen LogP contribution in [-0.4, -0.2) is 4.98 Å². The van der Waals surface area contributed by atoms with Crippen LogP contribution >= 0.6 is 0 Å². The van der Waals surface area contributed by atoms with Crippen LogP contribution < -0.4 is 11.1 Å². The number of nitrogens with one attached hydrogen (secondary N) is 1. The second kappa shape index (κ2) is 4.54. The van der Waals surface area contributed by atoms with Gasteiger partial charge in [-0.15, -0.1) is 0 Å². The topological polar surface area (TPSA) is 74.7 Å². The third kappa shape index (κ3) is 2.34. The molecule has 0 saturated heterocycles. The molecule has 1 heterocycles. The van der Waals surface area contributed by atoms with E-state index in [1.54, 1.807) is 18.3 Å². The maximum atomic E-state index is 8.96. The molecular weight excluding hydrogens is 212 g/mol. The van der Waals surface area contributed by atoms with E-state index in [9.17, 15) is 0 Å². The molecule has 0 fully saturated rings. The number of aryl methyl sites for hydroxylation is 1. The molecule has 0 bridgehead atoms. The Bertz CT molecular complexity index is 584. The maximum Gasteiger partial charge on any atom is 0.132 e. The van der Waals surface area contributed by atoms with Gasteiger partial charge in [-0.1, -0.05) is 12.1 Å². The van der Waals surface area contributed by atoms with Crippen molar-refractivity contribution in [2.24, 2.45) is 0 Å².